The maximum atomic E-state index is 11.7. The third-order valence-electron chi connectivity index (χ3n) is 6.57. The summed E-state index contributed by atoms with van der Waals surface area (Å²) in [6, 6.07) is 15.8. The molecule has 0 N–H and O–H groups in total. The lowest BCUT2D eigenvalue weighted by molar-refractivity contribution is -0.140. The van der Waals surface area contributed by atoms with Gasteiger partial charge in [0.05, 0.1) is 21.3 Å². The second kappa shape index (κ2) is 13.0. The monoisotopic (exact) mass is 492 g/mol. The van der Waals surface area contributed by atoms with Crippen molar-refractivity contribution in [3.8, 4) is 17.2 Å². The van der Waals surface area contributed by atoms with E-state index in [2.05, 4.69) is 13.0 Å². The number of esters is 2. The summed E-state index contributed by atoms with van der Waals surface area (Å²) in [5.74, 6) is 1.78. The molecule has 0 aliphatic carbocycles. The quantitative estimate of drug-likeness (QED) is 0.158. The van der Waals surface area contributed by atoms with Gasteiger partial charge in [-0.3, -0.25) is 9.59 Å². The number of methoxy groups -OCH3 is 3. The van der Waals surface area contributed by atoms with E-state index in [0.717, 1.165) is 64.6 Å². The van der Waals surface area contributed by atoms with Crippen LogP contribution in [0.5, 0.6) is 17.2 Å². The highest BCUT2D eigenvalue weighted by atomic mass is 16.5. The lowest BCUT2D eigenvalue weighted by atomic mass is 9.82. The number of unbranched alkanes of at least 4 members (excludes halogenated alkanes) is 2. The van der Waals surface area contributed by atoms with Crippen LogP contribution in [0, 0.1) is 6.92 Å². The van der Waals surface area contributed by atoms with Gasteiger partial charge in [-0.15, -0.1) is 0 Å². The maximum absolute atomic E-state index is 11.7. The van der Waals surface area contributed by atoms with Crippen molar-refractivity contribution in [2.24, 2.45) is 0 Å². The Labute approximate surface area is 213 Å². The largest absolute Gasteiger partial charge is 0.496 e. The summed E-state index contributed by atoms with van der Waals surface area (Å²) in [5, 5.41) is 2.01. The fourth-order valence-electron chi connectivity index (χ4n) is 4.77. The first-order chi connectivity index (χ1) is 17.4. The molecular formula is C30H36O6. The van der Waals surface area contributed by atoms with Crippen LogP contribution in [0.15, 0.2) is 48.5 Å². The SMILES string of the molecule is CCC(=O)Oc1ccc(C(CCCCCC(=O)OC)c2c(C)c(OC)c3ccccc3c2OC)cc1. The second-order valence-corrected chi connectivity index (χ2v) is 8.78. The number of ether oxygens (including phenoxy) is 4. The van der Waals surface area contributed by atoms with Gasteiger partial charge in [-0.2, -0.15) is 0 Å². The van der Waals surface area contributed by atoms with Gasteiger partial charge in [0.2, 0.25) is 0 Å². The third kappa shape index (κ3) is 6.17. The summed E-state index contributed by atoms with van der Waals surface area (Å²) in [7, 11) is 4.82. The third-order valence-corrected chi connectivity index (χ3v) is 6.57. The number of hydrogen-bond acceptors (Lipinski definition) is 6. The minimum Gasteiger partial charge on any atom is -0.496 e. The first kappa shape index (κ1) is 27.1. The van der Waals surface area contributed by atoms with E-state index in [1.54, 1.807) is 21.1 Å². The van der Waals surface area contributed by atoms with Gasteiger partial charge in [-0.1, -0.05) is 56.2 Å². The molecule has 0 spiro atoms. The minimum absolute atomic E-state index is 0.0208. The van der Waals surface area contributed by atoms with Crippen LogP contribution in [0.25, 0.3) is 10.8 Å². The van der Waals surface area contributed by atoms with Gasteiger partial charge in [0.1, 0.15) is 17.2 Å². The van der Waals surface area contributed by atoms with E-state index in [0.29, 0.717) is 18.6 Å². The fraction of sp³-hybridized carbons (Fsp3) is 0.400. The molecule has 0 heterocycles. The minimum atomic E-state index is -0.262. The summed E-state index contributed by atoms with van der Waals surface area (Å²) < 4.78 is 22.1. The highest BCUT2D eigenvalue weighted by molar-refractivity contribution is 5.96. The van der Waals surface area contributed by atoms with Gasteiger partial charge in [0, 0.05) is 35.1 Å². The average Bonchev–Trinajstić information content (AvgIpc) is 2.90. The molecule has 0 radical (unpaired) electrons. The number of carbonyl (C=O) groups excluding carboxylic acids is 2. The number of fused-ring (bicyclic) bond motifs is 1. The van der Waals surface area contributed by atoms with Crippen LogP contribution in [0.3, 0.4) is 0 Å². The normalized spacial score (nSPS) is 11.7. The zero-order valence-electron chi connectivity index (χ0n) is 21.9. The van der Waals surface area contributed by atoms with Crippen LogP contribution in [0.1, 0.15) is 68.1 Å². The van der Waals surface area contributed by atoms with Crippen molar-refractivity contribution in [1.82, 2.24) is 0 Å². The molecule has 0 aromatic heterocycles. The Kier molecular flexibility index (Phi) is 9.74. The van der Waals surface area contributed by atoms with Gasteiger partial charge in [-0.05, 0) is 43.0 Å². The van der Waals surface area contributed by atoms with Crippen molar-refractivity contribution in [2.45, 2.75) is 58.3 Å². The van der Waals surface area contributed by atoms with E-state index in [1.165, 1.54) is 7.11 Å². The lowest BCUT2D eigenvalue weighted by Gasteiger charge is -2.26. The molecule has 1 unspecified atom stereocenters. The van der Waals surface area contributed by atoms with Crippen molar-refractivity contribution < 1.29 is 28.5 Å². The molecule has 3 rings (SSSR count). The van der Waals surface area contributed by atoms with Crippen molar-refractivity contribution in [3.05, 3.63) is 65.2 Å². The Bertz CT molecular complexity index is 1180. The predicted molar refractivity (Wildman–Crippen MR) is 141 cm³/mol. The van der Waals surface area contributed by atoms with Crippen LogP contribution in [0.2, 0.25) is 0 Å². The molecule has 0 aliphatic heterocycles. The standard InChI is InChI=1S/C30H36O6/c1-6-26(31)36-22-18-16-21(17-19-22)23(12-8-7-9-15-27(32)33-3)28-20(2)29(34-4)24-13-10-11-14-25(24)30(28)35-5/h10-11,13-14,16-19,23H,6-9,12,15H2,1-5H3. The molecule has 0 amide bonds. The zero-order chi connectivity index (χ0) is 26.1. The van der Waals surface area contributed by atoms with Crippen LogP contribution < -0.4 is 14.2 Å². The highest BCUT2D eigenvalue weighted by Crippen LogP contribution is 2.47. The summed E-state index contributed by atoms with van der Waals surface area (Å²) >= 11 is 0. The Morgan fingerprint density at radius 3 is 2.03 bits per heavy atom. The molecule has 0 saturated heterocycles. The van der Waals surface area contributed by atoms with Crippen molar-refractivity contribution in [1.29, 1.82) is 0 Å². The van der Waals surface area contributed by atoms with Gasteiger partial charge in [0.15, 0.2) is 0 Å². The Morgan fingerprint density at radius 2 is 1.44 bits per heavy atom. The molecule has 0 fully saturated rings. The molecule has 6 nitrogen and oxygen atoms in total. The van der Waals surface area contributed by atoms with Gasteiger partial charge in [-0.25, -0.2) is 0 Å². The fourth-order valence-corrected chi connectivity index (χ4v) is 4.77. The van der Waals surface area contributed by atoms with Gasteiger partial charge < -0.3 is 18.9 Å². The molecule has 0 saturated carbocycles. The summed E-state index contributed by atoms with van der Waals surface area (Å²) in [4.78, 5) is 23.2. The van der Waals surface area contributed by atoms with E-state index in [4.69, 9.17) is 18.9 Å². The van der Waals surface area contributed by atoms with Crippen LogP contribution in [-0.2, 0) is 14.3 Å². The molecule has 192 valence electrons. The van der Waals surface area contributed by atoms with E-state index in [-0.39, 0.29) is 17.9 Å². The van der Waals surface area contributed by atoms with E-state index in [9.17, 15) is 9.59 Å². The van der Waals surface area contributed by atoms with Crippen molar-refractivity contribution in [2.75, 3.05) is 21.3 Å². The molecule has 6 heteroatoms. The predicted octanol–water partition coefficient (Wildman–Crippen LogP) is 6.74. The first-order valence-electron chi connectivity index (χ1n) is 12.5. The van der Waals surface area contributed by atoms with Crippen molar-refractivity contribution >= 4 is 22.7 Å². The van der Waals surface area contributed by atoms with Crippen LogP contribution in [0.4, 0.5) is 0 Å². The molecule has 0 aliphatic rings. The summed E-state index contributed by atoms with van der Waals surface area (Å²) in [5.41, 5.74) is 3.21. The second-order valence-electron chi connectivity index (χ2n) is 8.78. The van der Waals surface area contributed by atoms with Crippen molar-refractivity contribution in [3.63, 3.8) is 0 Å². The number of hydrogen-bond donors (Lipinski definition) is 0. The Hall–Kier alpha value is -3.54. The average molecular weight is 493 g/mol. The highest BCUT2D eigenvalue weighted by Gasteiger charge is 2.26. The van der Waals surface area contributed by atoms with E-state index >= 15 is 0 Å². The van der Waals surface area contributed by atoms with Crippen LogP contribution in [-0.4, -0.2) is 33.3 Å². The number of benzene rings is 3. The summed E-state index contributed by atoms with van der Waals surface area (Å²) in [6.45, 7) is 3.85. The molecular weight excluding hydrogens is 456 g/mol. The van der Waals surface area contributed by atoms with Crippen LogP contribution >= 0.6 is 0 Å². The Morgan fingerprint density at radius 1 is 0.806 bits per heavy atom. The smallest absolute Gasteiger partial charge is 0.310 e. The zero-order valence-corrected chi connectivity index (χ0v) is 21.9. The van der Waals surface area contributed by atoms with Gasteiger partial charge in [0.25, 0.3) is 0 Å². The van der Waals surface area contributed by atoms with E-state index in [1.807, 2.05) is 42.5 Å². The van der Waals surface area contributed by atoms with E-state index < -0.39 is 0 Å². The molecule has 36 heavy (non-hydrogen) atoms. The topological polar surface area (TPSA) is 71.1 Å². The number of carbonyl (C=O) groups is 2. The van der Waals surface area contributed by atoms with Gasteiger partial charge >= 0.3 is 11.9 Å². The maximum Gasteiger partial charge on any atom is 0.310 e. The number of rotatable bonds is 12. The Balaban J connectivity index is 2.04. The lowest BCUT2D eigenvalue weighted by Crippen LogP contribution is -2.09. The molecule has 0 bridgehead atoms. The molecule has 1 atom stereocenters. The first-order valence-corrected chi connectivity index (χ1v) is 12.5. The molecule has 3 aromatic rings. The molecule has 3 aromatic carbocycles. The summed E-state index contributed by atoms with van der Waals surface area (Å²) in [6.07, 6.45) is 4.21.